The molecule has 2 aromatic carbocycles. The van der Waals surface area contributed by atoms with E-state index in [9.17, 15) is 14.7 Å². The third kappa shape index (κ3) is 7.18. The summed E-state index contributed by atoms with van der Waals surface area (Å²) in [5.41, 5.74) is 2.41. The number of hydrogen-bond donors (Lipinski definition) is 2. The van der Waals surface area contributed by atoms with Gasteiger partial charge in [0.25, 0.3) is 0 Å². The maximum atomic E-state index is 12.2. The summed E-state index contributed by atoms with van der Waals surface area (Å²) in [5, 5.41) is 16.9. The summed E-state index contributed by atoms with van der Waals surface area (Å²) in [7, 11) is 0. The minimum Gasteiger partial charge on any atom is -0.550 e. The fraction of sp³-hybridized carbons (Fsp3) is 0.250. The molecule has 3 aromatic rings. The predicted molar refractivity (Wildman–Crippen MR) is 130 cm³/mol. The van der Waals surface area contributed by atoms with E-state index < -0.39 is 5.97 Å². The van der Waals surface area contributed by atoms with Gasteiger partial charge < -0.3 is 30.2 Å². The fourth-order valence-corrected chi connectivity index (χ4v) is 4.30. The van der Waals surface area contributed by atoms with Crippen molar-refractivity contribution < 1.29 is 49.0 Å². The number of thioether (sulfide) groups is 1. The summed E-state index contributed by atoms with van der Waals surface area (Å²) in [6.45, 7) is 2.48. The predicted octanol–water partition coefficient (Wildman–Crippen LogP) is -0.357. The Morgan fingerprint density at radius 3 is 2.23 bits per heavy atom. The van der Waals surface area contributed by atoms with Gasteiger partial charge in [-0.25, -0.2) is 14.8 Å². The summed E-state index contributed by atoms with van der Waals surface area (Å²) < 4.78 is 5.45. The van der Waals surface area contributed by atoms with Crippen molar-refractivity contribution in [2.24, 2.45) is 0 Å². The zero-order valence-corrected chi connectivity index (χ0v) is 22.4. The summed E-state index contributed by atoms with van der Waals surface area (Å²) in [4.78, 5) is 35.8. The second-order valence-corrected chi connectivity index (χ2v) is 8.34. The molecule has 1 aromatic heterocycles. The van der Waals surface area contributed by atoms with Crippen LogP contribution < -0.4 is 50.2 Å². The second-order valence-electron chi connectivity index (χ2n) is 7.52. The number of carbonyl (C=O) groups is 2. The first-order chi connectivity index (χ1) is 16.5. The van der Waals surface area contributed by atoms with E-state index in [-0.39, 0.29) is 42.0 Å². The van der Waals surface area contributed by atoms with Crippen LogP contribution in [0.3, 0.4) is 0 Å². The molecule has 9 nitrogen and oxygen atoms in total. The minimum atomic E-state index is -1.20. The van der Waals surface area contributed by atoms with Crippen molar-refractivity contribution in [2.45, 2.75) is 11.3 Å². The maximum Gasteiger partial charge on any atom is 1.00 e. The number of rotatable bonds is 7. The van der Waals surface area contributed by atoms with Crippen LogP contribution in [0.4, 0.5) is 22.0 Å². The van der Waals surface area contributed by atoms with Gasteiger partial charge in [-0.2, -0.15) is 0 Å². The zero-order valence-electron chi connectivity index (χ0n) is 19.6. The van der Waals surface area contributed by atoms with Gasteiger partial charge >= 0.3 is 35.6 Å². The van der Waals surface area contributed by atoms with Gasteiger partial charge in [-0.3, -0.25) is 0 Å². The average Bonchev–Trinajstić information content (AvgIpc) is 2.85. The van der Waals surface area contributed by atoms with E-state index >= 15 is 0 Å². The number of ether oxygens (including phenoxy) is 1. The van der Waals surface area contributed by atoms with Crippen LogP contribution in [0.15, 0.2) is 59.5 Å². The van der Waals surface area contributed by atoms with Crippen LogP contribution in [0.5, 0.6) is 0 Å². The van der Waals surface area contributed by atoms with Crippen LogP contribution in [-0.4, -0.2) is 54.5 Å². The van der Waals surface area contributed by atoms with Crippen molar-refractivity contribution in [2.75, 3.05) is 48.1 Å². The van der Waals surface area contributed by atoms with E-state index in [0.717, 1.165) is 4.90 Å². The Labute approximate surface area is 230 Å². The Morgan fingerprint density at radius 1 is 1.00 bits per heavy atom. The summed E-state index contributed by atoms with van der Waals surface area (Å²) >= 11 is 1.42. The second kappa shape index (κ2) is 12.9. The first-order valence-electron chi connectivity index (χ1n) is 10.7. The van der Waals surface area contributed by atoms with Crippen LogP contribution in [0.25, 0.3) is 11.4 Å². The topological polar surface area (TPSA) is 120 Å². The number of carboxylic acids is 1. The molecule has 1 saturated heterocycles. The van der Waals surface area contributed by atoms with Crippen molar-refractivity contribution in [1.29, 1.82) is 0 Å². The number of carbonyl (C=O) groups excluding carboxylic acids is 2. The Bertz CT molecular complexity index is 1160. The number of morpholine rings is 1. The molecule has 1 fully saturated rings. The molecule has 176 valence electrons. The minimum absolute atomic E-state index is 0. The number of nitrogens with one attached hydrogen (secondary N) is 2. The van der Waals surface area contributed by atoms with Crippen LogP contribution >= 0.6 is 11.8 Å². The van der Waals surface area contributed by atoms with Gasteiger partial charge in [0.1, 0.15) is 5.82 Å². The number of aliphatic carboxylic acids is 1. The first kappa shape index (κ1) is 27.0. The molecule has 0 saturated carbocycles. The molecule has 0 radical (unpaired) electrons. The Balaban J connectivity index is 0.00000342. The van der Waals surface area contributed by atoms with Crippen molar-refractivity contribution in [1.82, 2.24) is 9.97 Å². The normalized spacial score (nSPS) is 13.0. The molecule has 1 aliphatic heterocycles. The zero-order chi connectivity index (χ0) is 23.9. The van der Waals surface area contributed by atoms with Gasteiger partial charge in [0.05, 0.1) is 23.8 Å². The number of para-hydroxylation sites is 1. The van der Waals surface area contributed by atoms with Gasteiger partial charge in [0.15, 0.2) is 5.82 Å². The Kier molecular flexibility index (Phi) is 9.93. The van der Waals surface area contributed by atoms with Gasteiger partial charge in [0, 0.05) is 42.4 Å². The SMILES string of the molecule is CSc1c(CC(=O)[O-])nc(-c2ccc(NC(=O)Nc3ccccc3)cc2)nc1N1CCOCC1.[Na+]. The summed E-state index contributed by atoms with van der Waals surface area (Å²) in [5.74, 6) is -0.0887. The third-order valence-corrected chi connectivity index (χ3v) is 6.00. The molecular formula is C24H24N5NaO4S. The van der Waals surface area contributed by atoms with Gasteiger partial charge in [0.2, 0.25) is 0 Å². The largest absolute Gasteiger partial charge is 1.00 e. The van der Waals surface area contributed by atoms with Crippen LogP contribution in [0.1, 0.15) is 5.69 Å². The van der Waals surface area contributed by atoms with Crippen molar-refractivity contribution in [3.8, 4) is 11.4 Å². The van der Waals surface area contributed by atoms with E-state index in [2.05, 4.69) is 20.5 Å². The molecule has 4 rings (SSSR count). The number of nitrogens with zero attached hydrogens (tertiary/aromatic N) is 3. The van der Waals surface area contributed by atoms with Crippen molar-refractivity contribution >= 4 is 41.0 Å². The fourth-order valence-electron chi connectivity index (χ4n) is 3.59. The standard InChI is InChI=1S/C24H25N5O4S.Na/c1-34-21-19(15-20(30)31)27-22(28-23(21)29-11-13-33-14-12-29)16-7-9-18(10-8-16)26-24(32)25-17-5-3-2-4-6-17;/h2-10H,11-15H2,1H3,(H,30,31)(H2,25,26,32);/q;+1/p-1. The van der Waals surface area contributed by atoms with Gasteiger partial charge in [-0.15, -0.1) is 11.8 Å². The number of urea groups is 1. The number of benzene rings is 2. The van der Waals surface area contributed by atoms with Crippen LogP contribution in [-0.2, 0) is 16.0 Å². The Hall–Kier alpha value is -2.63. The van der Waals surface area contributed by atoms with Crippen molar-refractivity contribution in [3.63, 3.8) is 0 Å². The number of carboxylic acid groups (broad SMARTS) is 1. The molecule has 0 atom stereocenters. The number of aromatic nitrogens is 2. The van der Waals surface area contributed by atoms with Gasteiger partial charge in [-0.05, 0) is 42.7 Å². The quantitative estimate of drug-likeness (QED) is 0.333. The van der Waals surface area contributed by atoms with Gasteiger partial charge in [-0.1, -0.05) is 18.2 Å². The molecule has 0 unspecified atom stereocenters. The summed E-state index contributed by atoms with van der Waals surface area (Å²) in [6.07, 6.45) is 1.57. The Morgan fingerprint density at radius 2 is 1.63 bits per heavy atom. The molecule has 0 spiro atoms. The number of amides is 2. The van der Waals surface area contributed by atoms with E-state index in [1.54, 1.807) is 36.4 Å². The first-order valence-corrected chi connectivity index (χ1v) is 12.0. The molecule has 2 heterocycles. The van der Waals surface area contributed by atoms with E-state index in [1.807, 2.05) is 24.5 Å². The average molecular weight is 502 g/mol. The monoisotopic (exact) mass is 501 g/mol. The number of anilines is 3. The third-order valence-electron chi connectivity index (χ3n) is 5.18. The van der Waals surface area contributed by atoms with E-state index in [0.29, 0.717) is 60.6 Å². The summed E-state index contributed by atoms with van der Waals surface area (Å²) in [6, 6.07) is 15.9. The number of hydrogen-bond acceptors (Lipinski definition) is 8. The van der Waals surface area contributed by atoms with Crippen LogP contribution in [0.2, 0.25) is 0 Å². The van der Waals surface area contributed by atoms with E-state index in [1.165, 1.54) is 11.8 Å². The van der Waals surface area contributed by atoms with Crippen LogP contribution in [0, 0.1) is 0 Å². The molecule has 1 aliphatic rings. The molecule has 35 heavy (non-hydrogen) atoms. The molecule has 2 amide bonds. The van der Waals surface area contributed by atoms with Crippen molar-refractivity contribution in [3.05, 3.63) is 60.3 Å². The van der Waals surface area contributed by atoms with E-state index in [4.69, 9.17) is 9.72 Å². The maximum absolute atomic E-state index is 12.2. The molecule has 11 heteroatoms. The molecule has 0 bridgehead atoms. The smallest absolute Gasteiger partial charge is 0.550 e. The molecule has 0 aliphatic carbocycles. The molecular weight excluding hydrogens is 477 g/mol. The molecule has 2 N–H and O–H groups in total.